The fraction of sp³-hybridized carbons (Fsp3) is 0.909. The number of esters is 1. The minimum Gasteiger partial charge on any atom is -0.463 e. The van der Waals surface area contributed by atoms with Crippen LogP contribution in [0.5, 0.6) is 0 Å². The number of ether oxygens (including phenoxy) is 5. The summed E-state index contributed by atoms with van der Waals surface area (Å²) in [5, 5.41) is 0. The number of hydrogen-bond donors (Lipinski definition) is 0. The first-order valence-electron chi connectivity index (χ1n) is 7.23. The van der Waals surface area contributed by atoms with E-state index in [4.69, 9.17) is 27.8 Å². The van der Waals surface area contributed by atoms with Crippen molar-refractivity contribution in [2.24, 2.45) is 0 Å². The van der Waals surface area contributed by atoms with Crippen LogP contribution in [0.25, 0.3) is 0 Å². The molecule has 100 valence electrons. The molecule has 1 rings (SSSR count). The zero-order chi connectivity index (χ0) is 15.0. The van der Waals surface area contributed by atoms with Gasteiger partial charge in [0.1, 0.15) is 31.0 Å². The zero-order valence-electron chi connectivity index (χ0n) is 12.8. The fourth-order valence-corrected chi connectivity index (χ4v) is 1.71. The van der Waals surface area contributed by atoms with E-state index in [-0.39, 0.29) is 34.5 Å². The Morgan fingerprint density at radius 1 is 1.47 bits per heavy atom. The molecule has 1 aliphatic rings. The number of rotatable bonds is 6. The van der Waals surface area contributed by atoms with Gasteiger partial charge in [-0.25, -0.2) is 0 Å². The molecule has 0 aromatic carbocycles. The lowest BCUT2D eigenvalue weighted by atomic mass is 10.1. The maximum atomic E-state index is 10.9. The first-order valence-corrected chi connectivity index (χ1v) is 5.11. The van der Waals surface area contributed by atoms with Crippen molar-refractivity contribution in [1.29, 1.82) is 0 Å². The summed E-state index contributed by atoms with van der Waals surface area (Å²) in [6, 6.07) is 0. The number of methoxy groups -OCH3 is 3. The van der Waals surface area contributed by atoms with Crippen LogP contribution in [-0.2, 0) is 28.5 Å². The van der Waals surface area contributed by atoms with Gasteiger partial charge in [-0.2, -0.15) is 0 Å². The molecular formula is C11H20O6. The van der Waals surface area contributed by atoms with Crippen LogP contribution in [0, 0.1) is 0 Å². The van der Waals surface area contributed by atoms with Crippen LogP contribution in [0.3, 0.4) is 0 Å². The molecule has 6 nitrogen and oxygen atoms in total. The third-order valence-electron chi connectivity index (χ3n) is 2.58. The number of hydrogen-bond acceptors (Lipinski definition) is 6. The lowest BCUT2D eigenvalue weighted by Gasteiger charge is -2.26. The van der Waals surface area contributed by atoms with E-state index in [1.807, 2.05) is 0 Å². The molecule has 0 saturated carbocycles. The number of carbonyl (C=O) groups excluding carboxylic acids is 1. The van der Waals surface area contributed by atoms with Crippen LogP contribution >= 0.6 is 0 Å². The minimum atomic E-state index is -0.674. The quantitative estimate of drug-likeness (QED) is 0.619. The Balaban J connectivity index is 2.68. The second-order valence-electron chi connectivity index (χ2n) is 3.64. The van der Waals surface area contributed by atoms with Crippen LogP contribution in [0.2, 0.25) is 0 Å². The first-order chi connectivity index (χ1) is 9.63. The smallest absolute Gasteiger partial charge is 0.302 e. The second kappa shape index (κ2) is 6.90. The van der Waals surface area contributed by atoms with Crippen molar-refractivity contribution < 1.29 is 32.6 Å². The van der Waals surface area contributed by atoms with Gasteiger partial charge in [0, 0.05) is 28.2 Å². The molecule has 0 aliphatic carbocycles. The highest BCUT2D eigenvalue weighted by atomic mass is 16.6. The van der Waals surface area contributed by atoms with Gasteiger partial charge in [0.05, 0.1) is 10.7 Å². The van der Waals surface area contributed by atoms with Crippen molar-refractivity contribution in [3.05, 3.63) is 0 Å². The summed E-state index contributed by atoms with van der Waals surface area (Å²) in [7, 11) is -0.848. The van der Waals surface area contributed by atoms with Crippen molar-refractivity contribution in [2.75, 3.05) is 34.5 Å². The van der Waals surface area contributed by atoms with Crippen LogP contribution in [0.15, 0.2) is 0 Å². The van der Waals surface area contributed by atoms with Crippen molar-refractivity contribution in [1.82, 2.24) is 0 Å². The third-order valence-corrected chi connectivity index (χ3v) is 2.58. The van der Waals surface area contributed by atoms with Crippen LogP contribution in [-0.4, -0.2) is 64.9 Å². The molecular weight excluding hydrogens is 228 g/mol. The lowest BCUT2D eigenvalue weighted by Crippen LogP contribution is -2.43. The predicted molar refractivity (Wildman–Crippen MR) is 58.8 cm³/mol. The van der Waals surface area contributed by atoms with E-state index in [9.17, 15) is 4.79 Å². The van der Waals surface area contributed by atoms with Crippen molar-refractivity contribution >= 4 is 5.97 Å². The van der Waals surface area contributed by atoms with Crippen molar-refractivity contribution in [3.8, 4) is 0 Å². The van der Waals surface area contributed by atoms with Crippen LogP contribution in [0.1, 0.15) is 11.0 Å². The zero-order valence-corrected chi connectivity index (χ0v) is 9.79. The SMILES string of the molecule is [2H]CO[C@H]1[C@@H]([C@@H](COC(C)=O)OC[2H])OC[C@@H]1OC[2H]. The molecule has 0 aromatic heterocycles. The molecule has 1 saturated heterocycles. The highest BCUT2D eigenvalue weighted by molar-refractivity contribution is 5.65. The largest absolute Gasteiger partial charge is 0.463 e. The first kappa shape index (κ1) is 10.3. The molecule has 0 aromatic rings. The van der Waals surface area contributed by atoms with E-state index in [1.54, 1.807) is 0 Å². The maximum absolute atomic E-state index is 10.9. The normalized spacial score (nSPS) is 32.5. The van der Waals surface area contributed by atoms with E-state index in [1.165, 1.54) is 6.92 Å². The highest BCUT2D eigenvalue weighted by Crippen LogP contribution is 2.23. The molecule has 0 bridgehead atoms. The van der Waals surface area contributed by atoms with Gasteiger partial charge in [-0.3, -0.25) is 4.79 Å². The van der Waals surface area contributed by atoms with Crippen LogP contribution < -0.4 is 0 Å². The minimum absolute atomic E-state index is 0.0651. The molecule has 0 amide bonds. The Morgan fingerprint density at radius 3 is 2.94 bits per heavy atom. The van der Waals surface area contributed by atoms with Crippen LogP contribution in [0.4, 0.5) is 0 Å². The fourth-order valence-electron chi connectivity index (χ4n) is 1.71. The van der Waals surface area contributed by atoms with E-state index in [0.717, 1.165) is 0 Å². The summed E-state index contributed by atoms with van der Waals surface area (Å²) in [5.41, 5.74) is 0. The molecule has 0 radical (unpaired) electrons. The summed E-state index contributed by atoms with van der Waals surface area (Å²) in [4.78, 5) is 10.9. The van der Waals surface area contributed by atoms with E-state index in [0.29, 0.717) is 0 Å². The summed E-state index contributed by atoms with van der Waals surface area (Å²) < 4.78 is 47.4. The average molecular weight is 251 g/mol. The Labute approximate surface area is 105 Å². The predicted octanol–water partition coefficient (Wildman–Crippen LogP) is -0.00670. The average Bonchev–Trinajstić information content (AvgIpc) is 2.79. The van der Waals surface area contributed by atoms with Gasteiger partial charge in [-0.1, -0.05) is 0 Å². The Hall–Kier alpha value is -0.690. The van der Waals surface area contributed by atoms with E-state index in [2.05, 4.69) is 0 Å². The Bertz CT molecular complexity index is 293. The van der Waals surface area contributed by atoms with E-state index < -0.39 is 30.4 Å². The second-order valence-corrected chi connectivity index (χ2v) is 3.64. The van der Waals surface area contributed by atoms with Gasteiger partial charge in [-0.15, -0.1) is 0 Å². The molecule has 1 heterocycles. The molecule has 0 spiro atoms. The molecule has 1 fully saturated rings. The van der Waals surface area contributed by atoms with E-state index >= 15 is 0 Å². The van der Waals surface area contributed by atoms with Crippen molar-refractivity contribution in [3.63, 3.8) is 0 Å². The van der Waals surface area contributed by atoms with Gasteiger partial charge in [0.15, 0.2) is 0 Å². The van der Waals surface area contributed by atoms with Gasteiger partial charge in [0.25, 0.3) is 0 Å². The maximum Gasteiger partial charge on any atom is 0.302 e. The Morgan fingerprint density at radius 2 is 2.29 bits per heavy atom. The molecule has 0 N–H and O–H groups in total. The topological polar surface area (TPSA) is 63.2 Å². The Kier molecular flexibility index (Phi) is 4.16. The van der Waals surface area contributed by atoms with Gasteiger partial charge in [0.2, 0.25) is 0 Å². The molecule has 6 heteroatoms. The molecule has 0 unspecified atom stereocenters. The highest BCUT2D eigenvalue weighted by Gasteiger charge is 2.42. The summed E-state index contributed by atoms with van der Waals surface area (Å²) in [5.74, 6) is -0.460. The monoisotopic (exact) mass is 251 g/mol. The van der Waals surface area contributed by atoms with Gasteiger partial charge < -0.3 is 23.7 Å². The molecule has 4 atom stereocenters. The number of carbonyl (C=O) groups is 1. The lowest BCUT2D eigenvalue weighted by molar-refractivity contribution is -0.151. The van der Waals surface area contributed by atoms with Gasteiger partial charge >= 0.3 is 5.97 Å². The van der Waals surface area contributed by atoms with Gasteiger partial charge in [-0.05, 0) is 0 Å². The summed E-state index contributed by atoms with van der Waals surface area (Å²) in [6.45, 7) is 1.41. The standard InChI is InChI=1S/C11H20O6/c1-7(12)16-5-9(14-3)11-10(15-4)8(13-2)6-17-11/h8-11H,5-6H2,1-4H3/t8-,9+,10+,11+/m0/s1/i2D,3D,4D. The summed E-state index contributed by atoms with van der Waals surface area (Å²) >= 11 is 0. The summed E-state index contributed by atoms with van der Waals surface area (Å²) in [6.07, 6.45) is -2.35. The molecule has 1 aliphatic heterocycles. The van der Waals surface area contributed by atoms with Crippen molar-refractivity contribution in [2.45, 2.75) is 31.3 Å². The third kappa shape index (κ3) is 3.64. The molecule has 17 heavy (non-hydrogen) atoms.